The molecule has 9 nitrogen and oxygen atoms in total. The van der Waals surface area contributed by atoms with Gasteiger partial charge in [-0.25, -0.2) is 13.2 Å². The maximum atomic E-state index is 12.9. The van der Waals surface area contributed by atoms with Gasteiger partial charge in [-0.3, -0.25) is 9.59 Å². The minimum atomic E-state index is -3.78. The quantitative estimate of drug-likeness (QED) is 0.308. The van der Waals surface area contributed by atoms with Gasteiger partial charge in [0.25, 0.3) is 11.8 Å². The van der Waals surface area contributed by atoms with Crippen molar-refractivity contribution in [2.75, 3.05) is 5.75 Å². The summed E-state index contributed by atoms with van der Waals surface area (Å²) >= 11 is 0. The van der Waals surface area contributed by atoms with E-state index in [2.05, 4.69) is 10.6 Å². The third kappa shape index (κ3) is 7.00. The number of amides is 2. The topological polar surface area (TPSA) is 150 Å². The lowest BCUT2D eigenvalue weighted by Crippen LogP contribution is -2.50. The number of hydrogen-bond donors (Lipinski definition) is 4. The smallest absolute Gasteiger partial charge is 0.326 e. The van der Waals surface area contributed by atoms with Crippen LogP contribution in [0.15, 0.2) is 95.9 Å². The highest BCUT2D eigenvalue weighted by molar-refractivity contribution is 7.91. The van der Waals surface area contributed by atoms with Gasteiger partial charge in [0.05, 0.1) is 16.7 Å². The molecule has 3 atom stereocenters. The Kier molecular flexibility index (Phi) is 8.93. The van der Waals surface area contributed by atoms with Crippen molar-refractivity contribution in [3.8, 4) is 0 Å². The Morgan fingerprint density at radius 1 is 0.778 bits per heavy atom. The second-order valence-electron chi connectivity index (χ2n) is 7.99. The Labute approximate surface area is 208 Å². The third-order valence-corrected chi connectivity index (χ3v) is 7.22. The van der Waals surface area contributed by atoms with Crippen LogP contribution in [0.1, 0.15) is 28.4 Å². The molecule has 36 heavy (non-hydrogen) atoms. The van der Waals surface area contributed by atoms with Gasteiger partial charge >= 0.3 is 5.97 Å². The maximum Gasteiger partial charge on any atom is 0.326 e. The summed E-state index contributed by atoms with van der Waals surface area (Å²) in [5.74, 6) is -3.60. The van der Waals surface area contributed by atoms with Gasteiger partial charge in [0.1, 0.15) is 6.04 Å². The molecule has 0 heterocycles. The van der Waals surface area contributed by atoms with Gasteiger partial charge < -0.3 is 20.8 Å². The van der Waals surface area contributed by atoms with Crippen LogP contribution < -0.4 is 10.6 Å². The van der Waals surface area contributed by atoms with E-state index in [9.17, 15) is 33.0 Å². The van der Waals surface area contributed by atoms with Crippen LogP contribution in [0.2, 0.25) is 0 Å². The molecule has 3 rings (SSSR count). The molecule has 4 N–H and O–H groups in total. The van der Waals surface area contributed by atoms with Crippen LogP contribution >= 0.6 is 0 Å². The van der Waals surface area contributed by atoms with E-state index in [1.54, 1.807) is 78.9 Å². The molecule has 0 spiro atoms. The van der Waals surface area contributed by atoms with Gasteiger partial charge in [-0.1, -0.05) is 66.7 Å². The number of rotatable bonds is 11. The summed E-state index contributed by atoms with van der Waals surface area (Å²) < 4.78 is 25.1. The van der Waals surface area contributed by atoms with Gasteiger partial charge in [0.2, 0.25) is 0 Å². The first kappa shape index (κ1) is 26.6. The fraction of sp³-hybridized carbons (Fsp3) is 0.192. The second-order valence-corrected chi connectivity index (χ2v) is 10.1. The summed E-state index contributed by atoms with van der Waals surface area (Å²) in [5.41, 5.74) is 0.725. The zero-order chi connectivity index (χ0) is 26.1. The molecule has 2 amide bonds. The van der Waals surface area contributed by atoms with Crippen molar-refractivity contribution >= 4 is 27.6 Å². The average Bonchev–Trinajstić information content (AvgIpc) is 2.90. The highest BCUT2D eigenvalue weighted by Gasteiger charge is 2.32. The van der Waals surface area contributed by atoms with Crippen molar-refractivity contribution in [3.05, 3.63) is 102 Å². The number of aliphatic carboxylic acids is 1. The van der Waals surface area contributed by atoms with Crippen molar-refractivity contribution in [1.82, 2.24) is 10.6 Å². The van der Waals surface area contributed by atoms with E-state index in [0.717, 1.165) is 0 Å². The highest BCUT2D eigenvalue weighted by Crippen LogP contribution is 2.19. The summed E-state index contributed by atoms with van der Waals surface area (Å²) in [4.78, 5) is 37.4. The summed E-state index contributed by atoms with van der Waals surface area (Å²) in [5, 5.41) is 25.2. The number of benzene rings is 3. The van der Waals surface area contributed by atoms with E-state index in [1.807, 2.05) is 0 Å². The minimum absolute atomic E-state index is 0.0354. The molecule has 0 aromatic heterocycles. The summed E-state index contributed by atoms with van der Waals surface area (Å²) in [6.07, 6.45) is -2.27. The van der Waals surface area contributed by atoms with Gasteiger partial charge in [-0.15, -0.1) is 0 Å². The van der Waals surface area contributed by atoms with Crippen LogP contribution in [0.4, 0.5) is 0 Å². The zero-order valence-electron chi connectivity index (χ0n) is 19.2. The van der Waals surface area contributed by atoms with Crippen LogP contribution in [-0.4, -0.2) is 54.3 Å². The number of carboxylic acid groups (broad SMARTS) is 1. The number of aliphatic hydroxyl groups excluding tert-OH is 1. The van der Waals surface area contributed by atoms with Crippen LogP contribution in [0.3, 0.4) is 0 Å². The third-order valence-electron chi connectivity index (χ3n) is 5.46. The average molecular weight is 511 g/mol. The molecule has 0 aliphatic rings. The largest absolute Gasteiger partial charge is 0.480 e. The molecular formula is C26H26N2O7S. The molecule has 0 unspecified atom stereocenters. The SMILES string of the molecule is O=C(N[C@@H](c1ccccc1)[C@@H](O)C(=O)N[C@@H](CCS(=O)(=O)c1ccccc1)C(=O)O)c1ccccc1. The predicted octanol–water partition coefficient (Wildman–Crippen LogP) is 1.95. The van der Waals surface area contributed by atoms with Crippen molar-refractivity contribution in [2.24, 2.45) is 0 Å². The lowest BCUT2D eigenvalue weighted by Gasteiger charge is -2.25. The number of carboxylic acids is 1. The highest BCUT2D eigenvalue weighted by atomic mass is 32.2. The molecule has 0 aliphatic heterocycles. The lowest BCUT2D eigenvalue weighted by atomic mass is 9.99. The van der Waals surface area contributed by atoms with Gasteiger partial charge in [0.15, 0.2) is 15.9 Å². The fourth-order valence-corrected chi connectivity index (χ4v) is 4.86. The second kappa shape index (κ2) is 12.1. The Morgan fingerprint density at radius 3 is 1.86 bits per heavy atom. The van der Waals surface area contributed by atoms with Crippen LogP contribution in [-0.2, 0) is 19.4 Å². The molecule has 0 aliphatic carbocycles. The van der Waals surface area contributed by atoms with Gasteiger partial charge in [-0.05, 0) is 36.2 Å². The summed E-state index contributed by atoms with van der Waals surface area (Å²) in [7, 11) is -3.78. The molecule has 0 bridgehead atoms. The number of carbonyl (C=O) groups is 3. The number of sulfone groups is 1. The number of carbonyl (C=O) groups excluding carboxylic acids is 2. The van der Waals surface area contributed by atoms with E-state index in [1.165, 1.54) is 12.1 Å². The van der Waals surface area contributed by atoms with Crippen LogP contribution in [0, 0.1) is 0 Å². The predicted molar refractivity (Wildman–Crippen MR) is 132 cm³/mol. The molecule has 3 aromatic rings. The first-order valence-corrected chi connectivity index (χ1v) is 12.7. The standard InChI is InChI=1S/C26H26N2O7S/c29-23(22(18-10-4-1-5-11-18)28-24(30)19-12-6-2-7-13-19)25(31)27-21(26(32)33)16-17-36(34,35)20-14-8-3-9-15-20/h1-15,21-23,29H,16-17H2,(H,27,31)(H,28,30)(H,32,33)/t21-,22-,23+/m0/s1. The molecule has 10 heteroatoms. The van der Waals surface area contributed by atoms with E-state index in [0.29, 0.717) is 11.1 Å². The molecule has 0 radical (unpaired) electrons. The van der Waals surface area contributed by atoms with Crippen LogP contribution in [0.25, 0.3) is 0 Å². The van der Waals surface area contributed by atoms with Crippen LogP contribution in [0.5, 0.6) is 0 Å². The Bertz CT molecular complexity index is 1280. The number of hydrogen-bond acceptors (Lipinski definition) is 6. The van der Waals surface area contributed by atoms with Crippen molar-refractivity contribution < 1.29 is 33.0 Å². The Hall–Kier alpha value is -4.02. The molecule has 0 saturated carbocycles. The molecule has 0 fully saturated rings. The Balaban J connectivity index is 1.74. The van der Waals surface area contributed by atoms with E-state index < -0.39 is 58.0 Å². The minimum Gasteiger partial charge on any atom is -0.480 e. The summed E-state index contributed by atoms with van der Waals surface area (Å²) in [6.45, 7) is 0. The van der Waals surface area contributed by atoms with E-state index in [-0.39, 0.29) is 4.90 Å². The molecular weight excluding hydrogens is 484 g/mol. The molecule has 0 saturated heterocycles. The van der Waals surface area contributed by atoms with Gasteiger partial charge in [-0.2, -0.15) is 0 Å². The molecule has 3 aromatic carbocycles. The van der Waals surface area contributed by atoms with Gasteiger partial charge in [0, 0.05) is 5.56 Å². The van der Waals surface area contributed by atoms with Crippen molar-refractivity contribution in [3.63, 3.8) is 0 Å². The van der Waals surface area contributed by atoms with Crippen molar-refractivity contribution in [1.29, 1.82) is 0 Å². The van der Waals surface area contributed by atoms with E-state index in [4.69, 9.17) is 0 Å². The first-order valence-electron chi connectivity index (χ1n) is 11.1. The fourth-order valence-electron chi connectivity index (χ4n) is 3.50. The lowest BCUT2D eigenvalue weighted by molar-refractivity contribution is -0.143. The normalized spacial score (nSPS) is 13.7. The summed E-state index contributed by atoms with van der Waals surface area (Å²) in [6, 6.07) is 21.2. The van der Waals surface area contributed by atoms with E-state index >= 15 is 0 Å². The maximum absolute atomic E-state index is 12.9. The monoisotopic (exact) mass is 510 g/mol. The number of nitrogens with one attached hydrogen (secondary N) is 2. The zero-order valence-corrected chi connectivity index (χ0v) is 20.0. The molecule has 188 valence electrons. The first-order chi connectivity index (χ1) is 17.2. The Morgan fingerprint density at radius 2 is 1.31 bits per heavy atom. The van der Waals surface area contributed by atoms with Crippen molar-refractivity contribution in [2.45, 2.75) is 29.5 Å². The number of aliphatic hydroxyl groups is 1.